The molecule has 0 spiro atoms. The first-order valence-electron chi connectivity index (χ1n) is 16.8. The van der Waals surface area contributed by atoms with E-state index < -0.39 is 5.41 Å². The van der Waals surface area contributed by atoms with E-state index in [4.69, 9.17) is 0 Å². The van der Waals surface area contributed by atoms with Crippen molar-refractivity contribution in [3.63, 3.8) is 0 Å². The van der Waals surface area contributed by atoms with Crippen LogP contribution in [0.5, 0.6) is 0 Å². The number of nitrogens with zero attached hydrogens (tertiary/aromatic N) is 2. The molecule has 2 N–H and O–H groups in total. The maximum absolute atomic E-state index is 2.48. The van der Waals surface area contributed by atoms with Gasteiger partial charge in [0.15, 0.2) is 6.17 Å². The molecule has 48 heavy (non-hydrogen) atoms. The van der Waals surface area contributed by atoms with Crippen LogP contribution in [0.25, 0.3) is 49.5 Å². The van der Waals surface area contributed by atoms with Crippen LogP contribution in [-0.2, 0) is 5.41 Å². The fourth-order valence-corrected chi connectivity index (χ4v) is 8.74. The highest BCUT2D eigenvalue weighted by Gasteiger charge is 2.47. The van der Waals surface area contributed by atoms with Crippen LogP contribution in [0.2, 0.25) is 0 Å². The second-order valence-corrected chi connectivity index (χ2v) is 13.2. The molecule has 1 unspecified atom stereocenters. The summed E-state index contributed by atoms with van der Waals surface area (Å²) in [7, 11) is 2.19. The quantitative estimate of drug-likeness (QED) is 0.209. The van der Waals surface area contributed by atoms with Gasteiger partial charge in [0, 0.05) is 23.4 Å². The van der Waals surface area contributed by atoms with Crippen LogP contribution in [0.15, 0.2) is 170 Å². The van der Waals surface area contributed by atoms with E-state index in [-0.39, 0.29) is 6.17 Å². The predicted octanol–water partition coefficient (Wildman–Crippen LogP) is 9.27. The zero-order valence-electron chi connectivity index (χ0n) is 26.7. The minimum absolute atomic E-state index is 0.153. The minimum Gasteiger partial charge on any atom is -0.321 e. The number of aromatic nitrogens is 1. The highest BCUT2D eigenvalue weighted by Crippen LogP contribution is 2.58. The number of benzene rings is 7. The van der Waals surface area contributed by atoms with Crippen molar-refractivity contribution in [2.75, 3.05) is 7.05 Å². The second-order valence-electron chi connectivity index (χ2n) is 13.2. The largest absolute Gasteiger partial charge is 0.321 e. The third kappa shape index (κ3) is 3.68. The van der Waals surface area contributed by atoms with Gasteiger partial charge in [-0.1, -0.05) is 146 Å². The lowest BCUT2D eigenvalue weighted by Gasteiger charge is -2.33. The zero-order valence-corrected chi connectivity index (χ0v) is 26.7. The number of rotatable bonds is 4. The fourth-order valence-electron chi connectivity index (χ4n) is 8.74. The van der Waals surface area contributed by atoms with Crippen LogP contribution in [0.1, 0.15) is 34.0 Å². The monoisotopic (exact) mass is 616 g/mol. The van der Waals surface area contributed by atoms with Crippen molar-refractivity contribution in [3.8, 4) is 11.1 Å². The number of hydrogen-bond acceptors (Lipinski definition) is 1. The molecular formula is C45H34N3+. The minimum atomic E-state index is -0.425. The summed E-state index contributed by atoms with van der Waals surface area (Å²) in [5.41, 5.74) is 11.2. The predicted molar refractivity (Wildman–Crippen MR) is 197 cm³/mol. The van der Waals surface area contributed by atoms with E-state index in [2.05, 4.69) is 192 Å². The Morgan fingerprint density at radius 1 is 0.562 bits per heavy atom. The third-order valence-corrected chi connectivity index (χ3v) is 10.7. The molecule has 0 amide bonds. The number of para-hydroxylation sites is 1. The molecule has 228 valence electrons. The SMILES string of the molecule is CN1C=C(n2c3ccccc3c3c4c(ccc32)C(c2ccccc2)(c2ccccc2)c2ccccc2-4)[NH2+]C1c1ccc2ccccc2c1. The van der Waals surface area contributed by atoms with Crippen molar-refractivity contribution in [2.45, 2.75) is 11.6 Å². The number of hydrogen-bond donors (Lipinski definition) is 1. The second kappa shape index (κ2) is 10.3. The molecule has 1 aromatic heterocycles. The van der Waals surface area contributed by atoms with Crippen LogP contribution < -0.4 is 5.32 Å². The Morgan fingerprint density at radius 2 is 1.23 bits per heavy atom. The van der Waals surface area contributed by atoms with E-state index >= 15 is 0 Å². The van der Waals surface area contributed by atoms with E-state index in [1.54, 1.807) is 0 Å². The van der Waals surface area contributed by atoms with Crippen molar-refractivity contribution in [3.05, 3.63) is 198 Å². The molecule has 1 aliphatic carbocycles. The Labute approximate surface area is 280 Å². The lowest BCUT2D eigenvalue weighted by Crippen LogP contribution is -2.82. The van der Waals surface area contributed by atoms with Gasteiger partial charge in [0.25, 0.3) is 0 Å². The van der Waals surface area contributed by atoms with E-state index in [0.29, 0.717) is 0 Å². The summed E-state index contributed by atoms with van der Waals surface area (Å²) >= 11 is 0. The Balaban J connectivity index is 1.22. The molecule has 2 heterocycles. The third-order valence-electron chi connectivity index (χ3n) is 10.7. The van der Waals surface area contributed by atoms with Crippen molar-refractivity contribution in [2.24, 2.45) is 0 Å². The van der Waals surface area contributed by atoms with E-state index in [1.807, 2.05) is 0 Å². The van der Waals surface area contributed by atoms with Gasteiger partial charge in [-0.15, -0.1) is 0 Å². The van der Waals surface area contributed by atoms with Crippen molar-refractivity contribution >= 4 is 38.4 Å². The highest BCUT2D eigenvalue weighted by atomic mass is 15.4. The Morgan fingerprint density at radius 3 is 2.02 bits per heavy atom. The van der Waals surface area contributed by atoms with Gasteiger partial charge < -0.3 is 4.90 Å². The lowest BCUT2D eigenvalue weighted by atomic mass is 9.67. The van der Waals surface area contributed by atoms with Gasteiger partial charge in [-0.25, -0.2) is 0 Å². The van der Waals surface area contributed by atoms with E-state index in [0.717, 1.165) is 0 Å². The maximum Gasteiger partial charge on any atom is 0.228 e. The average Bonchev–Trinajstić information content (AvgIpc) is 3.80. The van der Waals surface area contributed by atoms with Crippen LogP contribution in [0, 0.1) is 0 Å². The first kappa shape index (κ1) is 27.2. The molecule has 3 nitrogen and oxygen atoms in total. The molecule has 2 aliphatic rings. The van der Waals surface area contributed by atoms with Crippen molar-refractivity contribution in [1.29, 1.82) is 0 Å². The van der Waals surface area contributed by atoms with Crippen molar-refractivity contribution in [1.82, 2.24) is 9.47 Å². The summed E-state index contributed by atoms with van der Waals surface area (Å²) in [6.07, 6.45) is 2.46. The first-order chi connectivity index (χ1) is 23.7. The summed E-state index contributed by atoms with van der Waals surface area (Å²) in [6, 6.07) is 60.4. The van der Waals surface area contributed by atoms with Crippen LogP contribution >= 0.6 is 0 Å². The van der Waals surface area contributed by atoms with E-state index in [9.17, 15) is 0 Å². The molecule has 1 aliphatic heterocycles. The van der Waals surface area contributed by atoms with Crippen LogP contribution in [0.3, 0.4) is 0 Å². The molecule has 8 aromatic rings. The highest BCUT2D eigenvalue weighted by molar-refractivity contribution is 6.18. The zero-order chi connectivity index (χ0) is 31.8. The van der Waals surface area contributed by atoms with Crippen LogP contribution in [-0.4, -0.2) is 16.5 Å². The van der Waals surface area contributed by atoms with Gasteiger partial charge in [-0.2, -0.15) is 0 Å². The number of nitrogens with two attached hydrogens (primary N) is 1. The molecule has 1 atom stereocenters. The van der Waals surface area contributed by atoms with Gasteiger partial charge in [-0.05, 0) is 62.4 Å². The summed E-state index contributed by atoms with van der Waals surface area (Å²) < 4.78 is 2.48. The molecule has 0 saturated heterocycles. The molecule has 0 bridgehead atoms. The van der Waals surface area contributed by atoms with Crippen LogP contribution in [0.4, 0.5) is 0 Å². The average molecular weight is 617 g/mol. The topological polar surface area (TPSA) is 24.8 Å². The molecule has 0 fully saturated rings. The molecule has 10 rings (SSSR count). The maximum atomic E-state index is 2.48. The summed E-state index contributed by atoms with van der Waals surface area (Å²) in [5, 5.41) is 7.57. The molecular weight excluding hydrogens is 583 g/mol. The van der Waals surface area contributed by atoms with Gasteiger partial charge in [0.05, 0.1) is 22.6 Å². The van der Waals surface area contributed by atoms with Gasteiger partial charge in [0.1, 0.15) is 0 Å². The number of fused-ring (bicyclic) bond motifs is 8. The summed E-state index contributed by atoms with van der Waals surface area (Å²) in [5.74, 6) is 1.20. The summed E-state index contributed by atoms with van der Waals surface area (Å²) in [6.45, 7) is 0. The van der Waals surface area contributed by atoms with Gasteiger partial charge in [0.2, 0.25) is 5.82 Å². The Kier molecular flexibility index (Phi) is 5.84. The Bertz CT molecular complexity index is 2520. The summed E-state index contributed by atoms with van der Waals surface area (Å²) in [4.78, 5) is 2.35. The normalized spacial score (nSPS) is 16.4. The first-order valence-corrected chi connectivity index (χ1v) is 16.8. The smallest absolute Gasteiger partial charge is 0.228 e. The van der Waals surface area contributed by atoms with Gasteiger partial charge in [-0.3, -0.25) is 9.88 Å². The molecule has 0 saturated carbocycles. The fraction of sp³-hybridized carbons (Fsp3) is 0.0667. The number of quaternary nitrogens is 1. The molecule has 0 radical (unpaired) electrons. The standard InChI is InChI=1S/C45H33N3/c1-47-29-41(46-44(47)32-25-24-30-14-8-9-15-31(30)28-32)48-39-23-13-11-21-36(39)43-40(48)27-26-38-42(43)35-20-10-12-22-37(35)45(38,33-16-4-2-5-17-33)34-18-6-3-7-19-34/h2-29,44,46H,1H3/p+1. The molecule has 3 heteroatoms. The van der Waals surface area contributed by atoms with Crippen molar-refractivity contribution < 1.29 is 5.32 Å². The van der Waals surface area contributed by atoms with Gasteiger partial charge >= 0.3 is 0 Å². The lowest BCUT2D eigenvalue weighted by molar-refractivity contribution is -0.623. The Hall–Kier alpha value is -5.90. The van der Waals surface area contributed by atoms with E-state index in [1.165, 1.54) is 77.3 Å². The molecule has 7 aromatic carbocycles.